The molecule has 1 amide bonds. The summed E-state index contributed by atoms with van der Waals surface area (Å²) in [5, 5.41) is 9.00. The van der Waals surface area contributed by atoms with Crippen molar-refractivity contribution in [1.82, 2.24) is 0 Å². The molecule has 0 radical (unpaired) electrons. The predicted octanol–water partition coefficient (Wildman–Crippen LogP) is 2.87. The number of rotatable bonds is 7. The fourth-order valence-corrected chi connectivity index (χ4v) is 2.90. The van der Waals surface area contributed by atoms with Crippen LogP contribution in [0.4, 0.5) is 11.4 Å². The topological polar surface area (TPSA) is 113 Å². The molecule has 9 heteroatoms. The largest absolute Gasteiger partial charge is 0.427 e. The summed E-state index contributed by atoms with van der Waals surface area (Å²) in [6.45, 7) is 5.55. The van der Waals surface area contributed by atoms with Crippen LogP contribution in [0, 0.1) is 11.8 Å². The van der Waals surface area contributed by atoms with Gasteiger partial charge in [0.2, 0.25) is 0 Å². The van der Waals surface area contributed by atoms with E-state index in [1.165, 1.54) is 43.0 Å². The van der Waals surface area contributed by atoms with Gasteiger partial charge < -0.3 is 19.5 Å². The summed E-state index contributed by atoms with van der Waals surface area (Å²) in [7, 11) is 0. The number of benzene rings is 2. The third kappa shape index (κ3) is 5.26. The van der Waals surface area contributed by atoms with E-state index in [-0.39, 0.29) is 22.7 Å². The second kappa shape index (κ2) is 9.75. The fourth-order valence-electron chi connectivity index (χ4n) is 2.90. The highest BCUT2D eigenvalue weighted by Gasteiger charge is 2.24. The number of anilines is 1. The lowest BCUT2D eigenvalue weighted by Crippen LogP contribution is -2.31. The normalized spacial score (nSPS) is 10.3. The van der Waals surface area contributed by atoms with Gasteiger partial charge in [-0.25, -0.2) is 0 Å². The number of esters is 2. The summed E-state index contributed by atoms with van der Waals surface area (Å²) in [5.41, 5.74) is 1.55. The van der Waals surface area contributed by atoms with Gasteiger partial charge in [-0.2, -0.15) is 0 Å². The number of hydrogen-bond acceptors (Lipinski definition) is 7. The second-order valence-electron chi connectivity index (χ2n) is 6.39. The number of nitrogens with zero attached hydrogens (tertiary/aromatic N) is 2. The van der Waals surface area contributed by atoms with Crippen molar-refractivity contribution in [2.24, 2.45) is 0 Å². The fraction of sp³-hybridized carbons (Fsp3) is 0.286. The molecule has 0 aromatic heterocycles. The third-order valence-corrected chi connectivity index (χ3v) is 4.15. The lowest BCUT2D eigenvalue weighted by Gasteiger charge is -2.24. The zero-order chi connectivity index (χ0) is 22.4. The van der Waals surface area contributed by atoms with Gasteiger partial charge in [0.25, 0.3) is 18.3 Å². The van der Waals surface area contributed by atoms with E-state index in [2.05, 4.69) is 0 Å². The van der Waals surface area contributed by atoms with Crippen molar-refractivity contribution < 1.29 is 33.7 Å². The van der Waals surface area contributed by atoms with Crippen LogP contribution in [-0.2, 0) is 9.59 Å². The molecule has 0 aliphatic heterocycles. The van der Waals surface area contributed by atoms with Crippen molar-refractivity contribution in [3.05, 3.63) is 52.4 Å². The van der Waals surface area contributed by atoms with Gasteiger partial charge in [-0.15, -0.1) is 0 Å². The van der Waals surface area contributed by atoms with Crippen LogP contribution in [-0.4, -0.2) is 41.0 Å². The first kappa shape index (κ1) is 22.7. The smallest absolute Gasteiger partial charge is 0.308 e. The van der Waals surface area contributed by atoms with Gasteiger partial charge in [-0.3, -0.25) is 14.4 Å². The Morgan fingerprint density at radius 1 is 1.03 bits per heavy atom. The van der Waals surface area contributed by atoms with E-state index in [9.17, 15) is 19.3 Å². The van der Waals surface area contributed by atoms with E-state index in [4.69, 9.17) is 14.6 Å². The van der Waals surface area contributed by atoms with Crippen molar-refractivity contribution in [3.8, 4) is 11.5 Å². The minimum absolute atomic E-state index is 0.0370. The number of hydrogen-bond donors (Lipinski definition) is 1. The van der Waals surface area contributed by atoms with Crippen LogP contribution in [0.1, 0.15) is 36.7 Å². The highest BCUT2D eigenvalue weighted by atomic mass is 16.5. The first-order valence-corrected chi connectivity index (χ1v) is 9.16. The van der Waals surface area contributed by atoms with E-state index < -0.39 is 24.6 Å². The van der Waals surface area contributed by atoms with Crippen LogP contribution in [0.25, 0.3) is 0 Å². The summed E-state index contributed by atoms with van der Waals surface area (Å²) in [4.78, 5) is 49.0. The predicted molar refractivity (Wildman–Crippen MR) is 108 cm³/mol. The van der Waals surface area contributed by atoms with Crippen LogP contribution in [0.2, 0.25) is 0 Å². The Morgan fingerprint density at radius 3 is 2.23 bits per heavy atom. The van der Waals surface area contributed by atoms with Gasteiger partial charge in [-0.1, -0.05) is 0 Å². The minimum atomic E-state index is -0.685. The van der Waals surface area contributed by atoms with E-state index in [0.29, 0.717) is 22.6 Å². The molecule has 0 atom stereocenters. The average Bonchev–Trinajstić information content (AvgIpc) is 2.68. The summed E-state index contributed by atoms with van der Waals surface area (Å²) < 4.78 is 10.6. The SMILES string of the molecule is CCN(C(=O)c1ccc(OC(C)=O)cc1OC(C)=O)c1ccc([N+](=O)CO)cc1C. The molecule has 2 aromatic carbocycles. The van der Waals surface area contributed by atoms with Gasteiger partial charge in [-0.05, 0) is 37.6 Å². The van der Waals surface area contributed by atoms with Gasteiger partial charge >= 0.3 is 11.9 Å². The van der Waals surface area contributed by atoms with Crippen LogP contribution in [0.3, 0.4) is 0 Å². The first-order chi connectivity index (χ1) is 14.2. The van der Waals surface area contributed by atoms with Crippen molar-refractivity contribution in [2.75, 3.05) is 18.2 Å². The van der Waals surface area contributed by atoms with Crippen molar-refractivity contribution in [2.45, 2.75) is 27.7 Å². The molecule has 0 heterocycles. The van der Waals surface area contributed by atoms with Crippen LogP contribution >= 0.6 is 0 Å². The molecular formula is C21H23N2O7+. The molecule has 158 valence electrons. The zero-order valence-electron chi connectivity index (χ0n) is 17.2. The molecule has 0 spiro atoms. The molecule has 2 rings (SSSR count). The summed E-state index contributed by atoms with van der Waals surface area (Å²) in [5.74, 6) is -1.53. The molecule has 0 aliphatic carbocycles. The van der Waals surface area contributed by atoms with E-state index in [1.807, 2.05) is 0 Å². The maximum absolute atomic E-state index is 13.3. The Labute approximate surface area is 173 Å². The van der Waals surface area contributed by atoms with Crippen LogP contribution < -0.4 is 14.4 Å². The average molecular weight is 415 g/mol. The lowest BCUT2D eigenvalue weighted by atomic mass is 10.1. The van der Waals surface area contributed by atoms with Crippen molar-refractivity contribution in [3.63, 3.8) is 0 Å². The summed E-state index contributed by atoms with van der Waals surface area (Å²) in [6, 6.07) is 8.81. The molecule has 0 saturated heterocycles. The number of aryl methyl sites for hydroxylation is 1. The molecular weight excluding hydrogens is 392 g/mol. The summed E-state index contributed by atoms with van der Waals surface area (Å²) in [6.07, 6.45) is 0. The quantitative estimate of drug-likeness (QED) is 0.320. The van der Waals surface area contributed by atoms with E-state index in [0.717, 1.165) is 0 Å². The minimum Gasteiger partial charge on any atom is -0.427 e. The number of aliphatic hydroxyl groups excluding tert-OH is 1. The standard InChI is InChI=1S/C21H23N2O7/c1-5-22(19-9-6-16(10-13(19)2)23(28)12-24)21(27)18-8-7-17(29-14(3)25)11-20(18)30-15(4)26/h6-11,24H,5,12H2,1-4H3/q+1. The van der Waals surface area contributed by atoms with Gasteiger partial charge in [0, 0.05) is 49.2 Å². The molecule has 30 heavy (non-hydrogen) atoms. The Morgan fingerprint density at radius 2 is 1.70 bits per heavy atom. The molecule has 0 fully saturated rings. The number of carbonyl (C=O) groups excluding carboxylic acids is 3. The number of amides is 1. The maximum Gasteiger partial charge on any atom is 0.308 e. The number of aliphatic hydroxyl groups is 1. The molecule has 1 N–H and O–H groups in total. The second-order valence-corrected chi connectivity index (χ2v) is 6.39. The molecule has 0 bridgehead atoms. The highest BCUT2D eigenvalue weighted by molar-refractivity contribution is 6.08. The van der Waals surface area contributed by atoms with Crippen molar-refractivity contribution >= 4 is 29.2 Å². The third-order valence-electron chi connectivity index (χ3n) is 4.15. The van der Waals surface area contributed by atoms with E-state index in [1.54, 1.807) is 26.0 Å². The van der Waals surface area contributed by atoms with Gasteiger partial charge in [0.05, 0.1) is 10.3 Å². The first-order valence-electron chi connectivity index (χ1n) is 9.16. The van der Waals surface area contributed by atoms with Gasteiger partial charge in [0.15, 0.2) is 0 Å². The Bertz CT molecular complexity index is 1000. The van der Waals surface area contributed by atoms with Crippen LogP contribution in [0.5, 0.6) is 11.5 Å². The zero-order valence-corrected chi connectivity index (χ0v) is 17.2. The molecule has 9 nitrogen and oxygen atoms in total. The number of ether oxygens (including phenoxy) is 2. The van der Waals surface area contributed by atoms with Gasteiger partial charge in [0.1, 0.15) is 11.5 Å². The lowest BCUT2D eigenvalue weighted by molar-refractivity contribution is -0.505. The Hall–Kier alpha value is -3.59. The molecule has 0 saturated carbocycles. The molecule has 0 unspecified atom stereocenters. The molecule has 2 aromatic rings. The highest BCUT2D eigenvalue weighted by Crippen LogP contribution is 2.30. The van der Waals surface area contributed by atoms with E-state index >= 15 is 0 Å². The maximum atomic E-state index is 13.3. The Kier molecular flexibility index (Phi) is 7.38. The summed E-state index contributed by atoms with van der Waals surface area (Å²) >= 11 is 0. The molecule has 0 aliphatic rings. The Balaban J connectivity index is 2.47. The number of nitroso groups, excluding NO2 is 1. The number of carbonyl (C=O) groups is 3. The monoisotopic (exact) mass is 415 g/mol. The van der Waals surface area contributed by atoms with Crippen LogP contribution in [0.15, 0.2) is 36.4 Å². The van der Waals surface area contributed by atoms with Crippen molar-refractivity contribution in [1.29, 1.82) is 0 Å².